The van der Waals surface area contributed by atoms with E-state index in [-0.39, 0.29) is 0 Å². The molecule has 0 fully saturated rings. The van der Waals surface area contributed by atoms with Crippen molar-refractivity contribution in [3.8, 4) is 0 Å². The van der Waals surface area contributed by atoms with Crippen LogP contribution in [-0.2, 0) is 6.54 Å². The van der Waals surface area contributed by atoms with Crippen molar-refractivity contribution in [1.29, 1.82) is 0 Å². The zero-order valence-electron chi connectivity index (χ0n) is 7.18. The number of rotatable bonds is 0. The Hall–Kier alpha value is 0.110. The summed E-state index contributed by atoms with van der Waals surface area (Å²) in [7, 11) is 2.10. The highest BCUT2D eigenvalue weighted by Gasteiger charge is 2.17. The van der Waals surface area contributed by atoms with Crippen LogP contribution in [0.2, 0.25) is 10.0 Å². The maximum absolute atomic E-state index is 6.09. The number of hydrogen-bond donors (Lipinski definition) is 0. The van der Waals surface area contributed by atoms with E-state index in [1.807, 2.05) is 12.1 Å². The maximum atomic E-state index is 6.09. The summed E-state index contributed by atoms with van der Waals surface area (Å²) in [5.74, 6) is 0.979. The minimum atomic E-state index is 0.650. The van der Waals surface area contributed by atoms with Crippen molar-refractivity contribution < 1.29 is 0 Å². The minimum absolute atomic E-state index is 0.650. The van der Waals surface area contributed by atoms with Crippen molar-refractivity contribution in [2.45, 2.75) is 11.4 Å². The van der Waals surface area contributed by atoms with Gasteiger partial charge in [-0.05, 0) is 18.7 Å². The maximum Gasteiger partial charge on any atom is 0.0731 e. The van der Waals surface area contributed by atoms with Gasteiger partial charge in [-0.1, -0.05) is 29.3 Å². The van der Waals surface area contributed by atoms with Gasteiger partial charge in [-0.3, -0.25) is 4.90 Å². The van der Waals surface area contributed by atoms with E-state index in [2.05, 4.69) is 11.9 Å². The zero-order chi connectivity index (χ0) is 9.42. The summed E-state index contributed by atoms with van der Waals surface area (Å²) in [5.41, 5.74) is 1.27. The van der Waals surface area contributed by atoms with Gasteiger partial charge in [0.25, 0.3) is 0 Å². The molecule has 1 aliphatic heterocycles. The first-order valence-electron chi connectivity index (χ1n) is 3.96. The topological polar surface area (TPSA) is 3.24 Å². The van der Waals surface area contributed by atoms with Crippen molar-refractivity contribution in [3.63, 3.8) is 0 Å². The lowest BCUT2D eigenvalue weighted by atomic mass is 10.2. The number of benzene rings is 1. The first kappa shape index (κ1) is 9.66. The fourth-order valence-electron chi connectivity index (χ4n) is 1.36. The zero-order valence-corrected chi connectivity index (χ0v) is 9.51. The van der Waals surface area contributed by atoms with Gasteiger partial charge in [0, 0.05) is 17.3 Å². The van der Waals surface area contributed by atoms with Gasteiger partial charge in [-0.15, -0.1) is 11.8 Å². The fraction of sp³-hybridized carbons (Fsp3) is 0.333. The van der Waals surface area contributed by atoms with Crippen molar-refractivity contribution in [1.82, 2.24) is 4.90 Å². The summed E-state index contributed by atoms with van der Waals surface area (Å²) < 4.78 is 0. The van der Waals surface area contributed by atoms with Gasteiger partial charge in [0.1, 0.15) is 0 Å². The van der Waals surface area contributed by atoms with Gasteiger partial charge >= 0.3 is 0 Å². The van der Waals surface area contributed by atoms with Crippen molar-refractivity contribution in [2.24, 2.45) is 0 Å². The lowest BCUT2D eigenvalue weighted by Crippen LogP contribution is -2.21. The SMILES string of the molecule is CN1CSc2c(ccc(Cl)c2Cl)C1. The Morgan fingerprint density at radius 2 is 2.15 bits per heavy atom. The Morgan fingerprint density at radius 1 is 1.38 bits per heavy atom. The number of fused-ring (bicyclic) bond motifs is 1. The average Bonchev–Trinajstić information content (AvgIpc) is 2.12. The summed E-state index contributed by atoms with van der Waals surface area (Å²) >= 11 is 13.8. The minimum Gasteiger partial charge on any atom is -0.293 e. The van der Waals surface area contributed by atoms with Gasteiger partial charge in [-0.25, -0.2) is 0 Å². The third-order valence-corrected chi connectivity index (χ3v) is 4.24. The molecular weight excluding hydrogens is 225 g/mol. The normalized spacial score (nSPS) is 17.2. The Balaban J connectivity index is 2.47. The van der Waals surface area contributed by atoms with E-state index in [1.54, 1.807) is 11.8 Å². The highest BCUT2D eigenvalue weighted by atomic mass is 35.5. The molecule has 2 rings (SSSR count). The van der Waals surface area contributed by atoms with Crippen LogP contribution in [0, 0.1) is 0 Å². The second kappa shape index (κ2) is 3.70. The molecule has 1 heterocycles. The molecule has 1 aliphatic rings. The van der Waals surface area contributed by atoms with Crippen LogP contribution in [0.3, 0.4) is 0 Å². The third-order valence-electron chi connectivity index (χ3n) is 2.00. The van der Waals surface area contributed by atoms with E-state index in [9.17, 15) is 0 Å². The Kier molecular flexibility index (Phi) is 2.75. The Morgan fingerprint density at radius 3 is 2.92 bits per heavy atom. The van der Waals surface area contributed by atoms with E-state index in [1.165, 1.54) is 5.56 Å². The monoisotopic (exact) mass is 233 g/mol. The second-order valence-electron chi connectivity index (χ2n) is 3.14. The summed E-state index contributed by atoms with van der Waals surface area (Å²) in [6.45, 7) is 0.958. The predicted molar refractivity (Wildman–Crippen MR) is 58.7 cm³/mol. The summed E-state index contributed by atoms with van der Waals surface area (Å²) in [6.07, 6.45) is 0. The highest BCUT2D eigenvalue weighted by molar-refractivity contribution is 7.99. The molecular formula is C9H9Cl2NS. The van der Waals surface area contributed by atoms with E-state index >= 15 is 0 Å². The molecule has 70 valence electrons. The quantitative estimate of drug-likeness (QED) is 0.676. The first-order valence-corrected chi connectivity index (χ1v) is 5.71. The number of hydrogen-bond acceptors (Lipinski definition) is 2. The number of halogens is 2. The van der Waals surface area contributed by atoms with Gasteiger partial charge in [0.2, 0.25) is 0 Å². The second-order valence-corrected chi connectivity index (χ2v) is 4.88. The van der Waals surface area contributed by atoms with E-state index in [0.717, 1.165) is 17.3 Å². The van der Waals surface area contributed by atoms with Crippen LogP contribution in [0.15, 0.2) is 17.0 Å². The Labute approximate surface area is 92.0 Å². The molecule has 0 aliphatic carbocycles. The molecule has 0 spiro atoms. The molecule has 0 saturated carbocycles. The molecule has 4 heteroatoms. The van der Waals surface area contributed by atoms with Crippen molar-refractivity contribution in [3.05, 3.63) is 27.7 Å². The summed E-state index contributed by atoms with van der Waals surface area (Å²) in [5, 5.41) is 1.36. The van der Waals surface area contributed by atoms with Crippen LogP contribution in [0.4, 0.5) is 0 Å². The number of nitrogens with zero attached hydrogens (tertiary/aromatic N) is 1. The van der Waals surface area contributed by atoms with Gasteiger partial charge in [0.05, 0.1) is 10.0 Å². The van der Waals surface area contributed by atoms with Gasteiger partial charge in [-0.2, -0.15) is 0 Å². The van der Waals surface area contributed by atoms with Gasteiger partial charge < -0.3 is 0 Å². The predicted octanol–water partition coefficient (Wildman–Crippen LogP) is 3.49. The van der Waals surface area contributed by atoms with Gasteiger partial charge in [0.15, 0.2) is 0 Å². The van der Waals surface area contributed by atoms with Crippen LogP contribution in [-0.4, -0.2) is 17.8 Å². The van der Waals surface area contributed by atoms with Crippen molar-refractivity contribution >= 4 is 35.0 Å². The van der Waals surface area contributed by atoms with Crippen LogP contribution < -0.4 is 0 Å². The molecule has 1 aromatic rings. The molecule has 0 saturated heterocycles. The molecule has 0 aromatic heterocycles. The van der Waals surface area contributed by atoms with E-state index < -0.39 is 0 Å². The smallest absolute Gasteiger partial charge is 0.0731 e. The summed E-state index contributed by atoms with van der Waals surface area (Å²) in [4.78, 5) is 3.39. The fourth-order valence-corrected chi connectivity index (χ4v) is 2.92. The molecule has 13 heavy (non-hydrogen) atoms. The summed E-state index contributed by atoms with van der Waals surface area (Å²) in [6, 6.07) is 3.91. The lowest BCUT2D eigenvalue weighted by molar-refractivity contribution is 0.376. The van der Waals surface area contributed by atoms with Crippen LogP contribution in [0.1, 0.15) is 5.56 Å². The molecule has 0 N–H and O–H groups in total. The van der Waals surface area contributed by atoms with Crippen LogP contribution in [0.25, 0.3) is 0 Å². The molecule has 1 nitrogen and oxygen atoms in total. The lowest BCUT2D eigenvalue weighted by Gasteiger charge is -2.25. The molecule has 0 unspecified atom stereocenters. The largest absolute Gasteiger partial charge is 0.293 e. The van der Waals surface area contributed by atoms with E-state index in [4.69, 9.17) is 23.2 Å². The molecule has 0 atom stereocenters. The molecule has 1 aromatic carbocycles. The molecule has 0 bridgehead atoms. The van der Waals surface area contributed by atoms with E-state index in [0.29, 0.717) is 10.0 Å². The molecule has 0 amide bonds. The standard InChI is InChI=1S/C9H9Cl2NS/c1-12-4-6-2-3-7(10)8(11)9(6)13-5-12/h2-3H,4-5H2,1H3. The van der Waals surface area contributed by atoms with Crippen LogP contribution >= 0.6 is 35.0 Å². The third kappa shape index (κ3) is 1.82. The van der Waals surface area contributed by atoms with Crippen LogP contribution in [0.5, 0.6) is 0 Å². The first-order chi connectivity index (χ1) is 6.18. The molecule has 0 radical (unpaired) electrons. The van der Waals surface area contributed by atoms with Crippen molar-refractivity contribution in [2.75, 3.05) is 12.9 Å². The number of thioether (sulfide) groups is 1. The Bertz CT molecular complexity index is 341. The highest BCUT2D eigenvalue weighted by Crippen LogP contribution is 2.39. The average molecular weight is 234 g/mol.